The number of nitrogens with two attached hydrogens (primary N) is 1. The molecule has 7 heteroatoms. The Hall–Kier alpha value is -1.63. The van der Waals surface area contributed by atoms with E-state index in [1.807, 2.05) is 4.90 Å². The normalized spacial score (nSPS) is 15.9. The second-order valence-corrected chi connectivity index (χ2v) is 4.34. The van der Waals surface area contributed by atoms with E-state index < -0.39 is 0 Å². The van der Waals surface area contributed by atoms with Crippen molar-refractivity contribution in [3.05, 3.63) is 0 Å². The van der Waals surface area contributed by atoms with Gasteiger partial charge in [-0.05, 0) is 12.8 Å². The summed E-state index contributed by atoms with van der Waals surface area (Å²) >= 11 is 0. The number of aromatic nitrogens is 3. The van der Waals surface area contributed by atoms with Crippen LogP contribution in [0.2, 0.25) is 0 Å². The van der Waals surface area contributed by atoms with Crippen molar-refractivity contribution in [3.8, 4) is 6.01 Å². The molecule has 1 heterocycles. The van der Waals surface area contributed by atoms with Crippen LogP contribution in [-0.2, 0) is 0 Å². The predicted molar refractivity (Wildman–Crippen MR) is 67.5 cm³/mol. The Morgan fingerprint density at radius 2 is 2.06 bits per heavy atom. The average molecular weight is 253 g/mol. The van der Waals surface area contributed by atoms with Gasteiger partial charge < -0.3 is 20.5 Å². The highest BCUT2D eigenvalue weighted by Gasteiger charge is 2.25. The third kappa shape index (κ3) is 2.79. The highest BCUT2D eigenvalue weighted by molar-refractivity contribution is 5.37. The van der Waals surface area contributed by atoms with Crippen LogP contribution < -0.4 is 15.4 Å². The van der Waals surface area contributed by atoms with Crippen LogP contribution in [0, 0.1) is 0 Å². The molecule has 100 valence electrons. The zero-order valence-electron chi connectivity index (χ0n) is 10.5. The lowest BCUT2D eigenvalue weighted by Crippen LogP contribution is -2.37. The van der Waals surface area contributed by atoms with Crippen molar-refractivity contribution >= 4 is 11.9 Å². The average Bonchev–Trinajstić information content (AvgIpc) is 2.88. The molecule has 1 saturated carbocycles. The smallest absolute Gasteiger partial charge is 0.322 e. The number of aliphatic hydroxyl groups is 1. The van der Waals surface area contributed by atoms with Gasteiger partial charge in [-0.1, -0.05) is 12.8 Å². The fourth-order valence-electron chi connectivity index (χ4n) is 2.35. The van der Waals surface area contributed by atoms with Gasteiger partial charge in [0, 0.05) is 12.6 Å². The van der Waals surface area contributed by atoms with Gasteiger partial charge in [-0.3, -0.25) is 0 Å². The van der Waals surface area contributed by atoms with Gasteiger partial charge in [-0.2, -0.15) is 15.0 Å². The second kappa shape index (κ2) is 5.81. The highest BCUT2D eigenvalue weighted by atomic mass is 16.5. The molecule has 0 atom stereocenters. The summed E-state index contributed by atoms with van der Waals surface area (Å²) in [6.45, 7) is 0.557. The minimum Gasteiger partial charge on any atom is -0.467 e. The topological polar surface area (TPSA) is 97.4 Å². The van der Waals surface area contributed by atoms with Crippen molar-refractivity contribution < 1.29 is 9.84 Å². The van der Waals surface area contributed by atoms with Crippen LogP contribution in [0.1, 0.15) is 25.7 Å². The van der Waals surface area contributed by atoms with Gasteiger partial charge in [0.1, 0.15) is 0 Å². The zero-order valence-corrected chi connectivity index (χ0v) is 10.5. The van der Waals surface area contributed by atoms with Crippen molar-refractivity contribution in [3.63, 3.8) is 0 Å². The first kappa shape index (κ1) is 12.8. The Labute approximate surface area is 106 Å². The first-order valence-electron chi connectivity index (χ1n) is 6.17. The minimum absolute atomic E-state index is 0.0599. The first-order valence-corrected chi connectivity index (χ1v) is 6.17. The van der Waals surface area contributed by atoms with Crippen LogP contribution in [0.5, 0.6) is 6.01 Å². The largest absolute Gasteiger partial charge is 0.467 e. The van der Waals surface area contributed by atoms with E-state index in [9.17, 15) is 5.11 Å². The van der Waals surface area contributed by atoms with E-state index in [1.165, 1.54) is 20.0 Å². The predicted octanol–water partition coefficient (Wildman–Crippen LogP) is 0.204. The van der Waals surface area contributed by atoms with Gasteiger partial charge in [0.25, 0.3) is 0 Å². The van der Waals surface area contributed by atoms with Crippen LogP contribution in [0.25, 0.3) is 0 Å². The summed E-state index contributed by atoms with van der Waals surface area (Å²) in [7, 11) is 1.49. The van der Waals surface area contributed by atoms with E-state index in [0.717, 1.165) is 12.8 Å². The molecule has 3 N–H and O–H groups in total. The van der Waals surface area contributed by atoms with E-state index >= 15 is 0 Å². The summed E-state index contributed by atoms with van der Waals surface area (Å²) in [6.07, 6.45) is 4.58. The maximum Gasteiger partial charge on any atom is 0.322 e. The lowest BCUT2D eigenvalue weighted by atomic mass is 10.2. The van der Waals surface area contributed by atoms with E-state index in [4.69, 9.17) is 10.5 Å². The minimum atomic E-state index is 0.0599. The molecule has 1 aliphatic carbocycles. The number of rotatable bonds is 5. The molecule has 1 aromatic heterocycles. The summed E-state index contributed by atoms with van der Waals surface area (Å²) in [5, 5.41) is 9.18. The summed E-state index contributed by atoms with van der Waals surface area (Å²) in [6, 6.07) is 0.571. The number of methoxy groups -OCH3 is 1. The van der Waals surface area contributed by atoms with E-state index in [2.05, 4.69) is 15.0 Å². The second-order valence-electron chi connectivity index (χ2n) is 4.34. The van der Waals surface area contributed by atoms with Crippen LogP contribution in [-0.4, -0.2) is 46.4 Å². The maximum absolute atomic E-state index is 9.18. The van der Waals surface area contributed by atoms with Gasteiger partial charge in [-0.25, -0.2) is 0 Å². The SMILES string of the molecule is COc1nc(N)nc(N(CCO)C2CCCC2)n1. The van der Waals surface area contributed by atoms with Gasteiger partial charge in [0.2, 0.25) is 11.9 Å². The number of anilines is 2. The summed E-state index contributed by atoms with van der Waals surface area (Å²) in [5.41, 5.74) is 5.64. The van der Waals surface area contributed by atoms with Crippen LogP contribution in [0.3, 0.4) is 0 Å². The maximum atomic E-state index is 9.18. The third-order valence-corrected chi connectivity index (χ3v) is 3.17. The van der Waals surface area contributed by atoms with Gasteiger partial charge >= 0.3 is 6.01 Å². The molecular formula is C11H19N5O2. The monoisotopic (exact) mass is 253 g/mol. The molecule has 0 saturated heterocycles. The van der Waals surface area contributed by atoms with Crippen LogP contribution in [0.15, 0.2) is 0 Å². The fourth-order valence-corrected chi connectivity index (χ4v) is 2.35. The zero-order chi connectivity index (χ0) is 13.0. The van der Waals surface area contributed by atoms with Crippen molar-refractivity contribution in [2.45, 2.75) is 31.7 Å². The Balaban J connectivity index is 2.25. The number of ether oxygens (including phenoxy) is 1. The molecule has 1 aromatic rings. The highest BCUT2D eigenvalue weighted by Crippen LogP contribution is 2.26. The number of nitrogen functional groups attached to an aromatic ring is 1. The number of hydrogen-bond acceptors (Lipinski definition) is 7. The third-order valence-electron chi connectivity index (χ3n) is 3.17. The summed E-state index contributed by atoms with van der Waals surface area (Å²) in [4.78, 5) is 14.2. The number of nitrogens with zero attached hydrogens (tertiary/aromatic N) is 4. The van der Waals surface area contributed by atoms with Crippen molar-refractivity contribution in [2.24, 2.45) is 0 Å². The van der Waals surface area contributed by atoms with E-state index in [0.29, 0.717) is 18.5 Å². The van der Waals surface area contributed by atoms with Crippen molar-refractivity contribution in [2.75, 3.05) is 30.9 Å². The summed E-state index contributed by atoms with van der Waals surface area (Å²) in [5.74, 6) is 0.623. The molecular weight excluding hydrogens is 234 g/mol. The Kier molecular flexibility index (Phi) is 4.14. The summed E-state index contributed by atoms with van der Waals surface area (Å²) < 4.78 is 5.00. The molecule has 0 radical (unpaired) electrons. The quantitative estimate of drug-likeness (QED) is 0.773. The number of hydrogen-bond donors (Lipinski definition) is 2. The molecule has 0 spiro atoms. The molecule has 0 bridgehead atoms. The molecule has 7 nitrogen and oxygen atoms in total. The molecule has 1 fully saturated rings. The molecule has 2 rings (SSSR count). The molecule has 0 unspecified atom stereocenters. The Morgan fingerprint density at radius 1 is 1.33 bits per heavy atom. The van der Waals surface area contributed by atoms with Gasteiger partial charge in [0.05, 0.1) is 13.7 Å². The van der Waals surface area contributed by atoms with Crippen molar-refractivity contribution in [1.82, 2.24) is 15.0 Å². The van der Waals surface area contributed by atoms with Gasteiger partial charge in [0.15, 0.2) is 0 Å². The fraction of sp³-hybridized carbons (Fsp3) is 0.727. The van der Waals surface area contributed by atoms with Crippen LogP contribution in [0.4, 0.5) is 11.9 Å². The molecule has 1 aliphatic rings. The van der Waals surface area contributed by atoms with E-state index in [1.54, 1.807) is 0 Å². The molecule has 0 aliphatic heterocycles. The first-order chi connectivity index (χ1) is 8.74. The van der Waals surface area contributed by atoms with Gasteiger partial charge in [-0.15, -0.1) is 0 Å². The number of aliphatic hydroxyl groups excluding tert-OH is 1. The Morgan fingerprint density at radius 3 is 2.67 bits per heavy atom. The molecule has 18 heavy (non-hydrogen) atoms. The molecule has 0 amide bonds. The standard InChI is InChI=1S/C11H19N5O2/c1-18-11-14-9(12)13-10(15-11)16(6-7-17)8-4-2-3-5-8/h8,17H,2-7H2,1H3,(H2,12,13,14,15). The molecule has 0 aromatic carbocycles. The Bertz CT molecular complexity index is 395. The van der Waals surface area contributed by atoms with E-state index in [-0.39, 0.29) is 18.6 Å². The van der Waals surface area contributed by atoms with Crippen molar-refractivity contribution in [1.29, 1.82) is 0 Å². The lowest BCUT2D eigenvalue weighted by Gasteiger charge is -2.28. The van der Waals surface area contributed by atoms with Crippen LogP contribution >= 0.6 is 0 Å². The lowest BCUT2D eigenvalue weighted by molar-refractivity contribution is 0.295.